The number of carbonyl (C=O) groups excluding carboxylic acids is 1. The molecule has 15 heavy (non-hydrogen) atoms. The van der Waals surface area contributed by atoms with E-state index in [1.807, 2.05) is 6.92 Å². The van der Waals surface area contributed by atoms with Gasteiger partial charge in [-0.25, -0.2) is 0 Å². The van der Waals surface area contributed by atoms with Gasteiger partial charge in [0, 0.05) is 6.54 Å². The summed E-state index contributed by atoms with van der Waals surface area (Å²) in [5.41, 5.74) is -1.04. The van der Waals surface area contributed by atoms with Gasteiger partial charge in [0.15, 0.2) is 0 Å². The fourth-order valence-electron chi connectivity index (χ4n) is 2.83. The fourth-order valence-corrected chi connectivity index (χ4v) is 2.83. The Bertz CT molecular complexity index is 305. The van der Waals surface area contributed by atoms with E-state index in [0.717, 1.165) is 12.8 Å². The van der Waals surface area contributed by atoms with Crippen LogP contribution in [0.3, 0.4) is 0 Å². The van der Waals surface area contributed by atoms with Gasteiger partial charge in [-0.3, -0.25) is 14.9 Å². The van der Waals surface area contributed by atoms with E-state index in [-0.39, 0.29) is 18.4 Å². The van der Waals surface area contributed by atoms with Crippen LogP contribution in [0.5, 0.6) is 0 Å². The lowest BCUT2D eigenvalue weighted by Crippen LogP contribution is -2.58. The Morgan fingerprint density at radius 1 is 1.73 bits per heavy atom. The van der Waals surface area contributed by atoms with E-state index < -0.39 is 11.5 Å². The highest BCUT2D eigenvalue weighted by Crippen LogP contribution is 2.37. The number of likely N-dealkylation sites (N-methyl/N-ethyl adjacent to an activating group) is 1. The zero-order valence-corrected chi connectivity index (χ0v) is 8.82. The van der Waals surface area contributed by atoms with Crippen LogP contribution in [0.15, 0.2) is 0 Å². The second-order valence-corrected chi connectivity index (χ2v) is 4.23. The average molecular weight is 212 g/mol. The fraction of sp³-hybridized carbons (Fsp3) is 0.800. The Morgan fingerprint density at radius 2 is 2.47 bits per heavy atom. The summed E-state index contributed by atoms with van der Waals surface area (Å²) in [6, 6.07) is -0.151. The number of hydrogen-bond acceptors (Lipinski definition) is 3. The largest absolute Gasteiger partial charge is 0.480 e. The minimum absolute atomic E-state index is 0.0270. The van der Waals surface area contributed by atoms with Crippen LogP contribution in [0.1, 0.15) is 26.2 Å². The minimum atomic E-state index is -1.04. The molecular weight excluding hydrogens is 196 g/mol. The molecule has 2 rings (SSSR count). The zero-order valence-electron chi connectivity index (χ0n) is 8.82. The molecule has 2 fully saturated rings. The number of carbonyl (C=O) groups is 2. The molecule has 2 atom stereocenters. The Labute approximate surface area is 88.4 Å². The summed E-state index contributed by atoms with van der Waals surface area (Å²) in [6.07, 6.45) is 1.81. The topological polar surface area (TPSA) is 69.6 Å². The Kier molecular flexibility index (Phi) is 2.42. The highest BCUT2D eigenvalue weighted by molar-refractivity contribution is 5.93. The number of aliphatic carboxylic acids is 1. The van der Waals surface area contributed by atoms with Crippen LogP contribution in [0.25, 0.3) is 0 Å². The van der Waals surface area contributed by atoms with Gasteiger partial charge < -0.3 is 10.0 Å². The lowest BCUT2D eigenvalue weighted by atomic mass is 9.88. The number of carboxylic acids is 1. The molecule has 0 radical (unpaired) electrons. The first-order valence-corrected chi connectivity index (χ1v) is 5.39. The van der Waals surface area contributed by atoms with E-state index in [4.69, 9.17) is 0 Å². The molecule has 0 saturated carbocycles. The van der Waals surface area contributed by atoms with E-state index in [1.54, 1.807) is 4.90 Å². The molecule has 2 unspecified atom stereocenters. The molecule has 2 saturated heterocycles. The standard InChI is InChI=1S/C10H16N2O3/c1-2-11-10(9(14)15)6-8(13)12-5-3-4-7(10)12/h7,11H,2-6H2,1H3,(H,14,15). The summed E-state index contributed by atoms with van der Waals surface area (Å²) in [5.74, 6) is -0.923. The van der Waals surface area contributed by atoms with Crippen molar-refractivity contribution in [2.75, 3.05) is 13.1 Å². The molecule has 0 aromatic rings. The Hall–Kier alpha value is -1.10. The Morgan fingerprint density at radius 3 is 3.07 bits per heavy atom. The molecule has 5 nitrogen and oxygen atoms in total. The smallest absolute Gasteiger partial charge is 0.326 e. The average Bonchev–Trinajstić information content (AvgIpc) is 2.72. The van der Waals surface area contributed by atoms with Crippen molar-refractivity contribution < 1.29 is 14.7 Å². The van der Waals surface area contributed by atoms with Crippen molar-refractivity contribution in [2.24, 2.45) is 0 Å². The molecule has 84 valence electrons. The van der Waals surface area contributed by atoms with Crippen LogP contribution in [0.2, 0.25) is 0 Å². The van der Waals surface area contributed by atoms with Gasteiger partial charge in [-0.1, -0.05) is 6.92 Å². The molecule has 0 bridgehead atoms. The number of carboxylic acid groups (broad SMARTS) is 1. The molecule has 0 aromatic heterocycles. The molecule has 2 heterocycles. The third-order valence-corrected chi connectivity index (χ3v) is 3.45. The summed E-state index contributed by atoms with van der Waals surface area (Å²) in [6.45, 7) is 3.15. The van der Waals surface area contributed by atoms with Crippen LogP contribution in [0.4, 0.5) is 0 Å². The van der Waals surface area contributed by atoms with Gasteiger partial charge in [-0.15, -0.1) is 0 Å². The SMILES string of the molecule is CCNC1(C(=O)O)CC(=O)N2CCCC21. The monoisotopic (exact) mass is 212 g/mol. The molecule has 2 aliphatic heterocycles. The number of nitrogens with one attached hydrogen (secondary N) is 1. The van der Waals surface area contributed by atoms with Gasteiger partial charge in [0.1, 0.15) is 5.54 Å². The van der Waals surface area contributed by atoms with Crippen LogP contribution >= 0.6 is 0 Å². The minimum Gasteiger partial charge on any atom is -0.480 e. The van der Waals surface area contributed by atoms with Crippen molar-refractivity contribution in [3.63, 3.8) is 0 Å². The van der Waals surface area contributed by atoms with Gasteiger partial charge in [-0.2, -0.15) is 0 Å². The van der Waals surface area contributed by atoms with Crippen LogP contribution in [0, 0.1) is 0 Å². The van der Waals surface area contributed by atoms with E-state index in [9.17, 15) is 14.7 Å². The van der Waals surface area contributed by atoms with E-state index in [1.165, 1.54) is 0 Å². The maximum atomic E-state index is 11.7. The van der Waals surface area contributed by atoms with Gasteiger partial charge in [0.25, 0.3) is 0 Å². The van der Waals surface area contributed by atoms with Crippen molar-refractivity contribution in [3.05, 3.63) is 0 Å². The number of hydrogen-bond donors (Lipinski definition) is 2. The quantitative estimate of drug-likeness (QED) is 0.680. The number of fused-ring (bicyclic) bond motifs is 1. The molecule has 2 aliphatic rings. The lowest BCUT2D eigenvalue weighted by molar-refractivity contribution is -0.146. The Balaban J connectivity index is 2.32. The first-order valence-electron chi connectivity index (χ1n) is 5.39. The predicted octanol–water partition coefficient (Wildman–Crippen LogP) is -0.186. The van der Waals surface area contributed by atoms with Crippen molar-refractivity contribution >= 4 is 11.9 Å². The zero-order chi connectivity index (χ0) is 11.1. The predicted molar refractivity (Wildman–Crippen MR) is 53.4 cm³/mol. The van der Waals surface area contributed by atoms with Crippen LogP contribution in [-0.4, -0.2) is 46.6 Å². The third kappa shape index (κ3) is 1.33. The summed E-state index contributed by atoms with van der Waals surface area (Å²) in [5, 5.41) is 12.3. The molecular formula is C10H16N2O3. The summed E-state index contributed by atoms with van der Waals surface area (Å²) in [7, 11) is 0. The summed E-state index contributed by atoms with van der Waals surface area (Å²) < 4.78 is 0. The molecule has 0 spiro atoms. The van der Waals surface area contributed by atoms with Crippen molar-refractivity contribution in [3.8, 4) is 0 Å². The van der Waals surface area contributed by atoms with Gasteiger partial charge >= 0.3 is 5.97 Å². The second kappa shape index (κ2) is 3.48. The molecule has 2 N–H and O–H groups in total. The summed E-state index contributed by atoms with van der Waals surface area (Å²) in [4.78, 5) is 24.8. The van der Waals surface area contributed by atoms with Gasteiger partial charge in [0.05, 0.1) is 12.5 Å². The molecule has 1 amide bonds. The maximum absolute atomic E-state index is 11.7. The van der Waals surface area contributed by atoms with Gasteiger partial charge in [0.2, 0.25) is 5.91 Å². The van der Waals surface area contributed by atoms with Gasteiger partial charge in [-0.05, 0) is 19.4 Å². The molecule has 5 heteroatoms. The normalized spacial score (nSPS) is 34.6. The lowest BCUT2D eigenvalue weighted by Gasteiger charge is -2.30. The van der Waals surface area contributed by atoms with Crippen LogP contribution < -0.4 is 5.32 Å². The molecule has 0 aliphatic carbocycles. The summed E-state index contributed by atoms with van der Waals surface area (Å²) >= 11 is 0. The number of amides is 1. The maximum Gasteiger partial charge on any atom is 0.326 e. The van der Waals surface area contributed by atoms with E-state index in [0.29, 0.717) is 13.1 Å². The first kappa shape index (κ1) is 10.4. The molecule has 0 aromatic carbocycles. The van der Waals surface area contributed by atoms with Crippen molar-refractivity contribution in [2.45, 2.75) is 37.8 Å². The van der Waals surface area contributed by atoms with E-state index in [2.05, 4.69) is 5.32 Å². The highest BCUT2D eigenvalue weighted by atomic mass is 16.4. The number of nitrogens with zero attached hydrogens (tertiary/aromatic N) is 1. The van der Waals surface area contributed by atoms with Crippen molar-refractivity contribution in [1.82, 2.24) is 10.2 Å². The van der Waals surface area contributed by atoms with E-state index >= 15 is 0 Å². The first-order chi connectivity index (χ1) is 7.12. The number of rotatable bonds is 3. The van der Waals surface area contributed by atoms with Crippen LogP contribution in [-0.2, 0) is 9.59 Å². The second-order valence-electron chi connectivity index (χ2n) is 4.23. The highest BCUT2D eigenvalue weighted by Gasteiger charge is 2.57. The third-order valence-electron chi connectivity index (χ3n) is 3.45. The van der Waals surface area contributed by atoms with Crippen molar-refractivity contribution in [1.29, 1.82) is 0 Å².